The second-order valence-corrected chi connectivity index (χ2v) is 6.18. The maximum atomic E-state index is 12.5. The monoisotopic (exact) mass is 288 g/mol. The molecule has 1 amide bonds. The Bertz CT molecular complexity index is 499. The Labute approximate surface area is 126 Å². The van der Waals surface area contributed by atoms with Crippen LogP contribution in [0, 0.1) is 5.92 Å². The molecule has 1 aliphatic carbocycles. The third-order valence-electron chi connectivity index (χ3n) is 4.38. The predicted octanol–water partition coefficient (Wildman–Crippen LogP) is 1.59. The van der Waals surface area contributed by atoms with Crippen LogP contribution in [0.4, 0.5) is 0 Å². The molecule has 4 nitrogen and oxygen atoms in total. The van der Waals surface area contributed by atoms with Crippen LogP contribution >= 0.6 is 0 Å². The lowest BCUT2D eigenvalue weighted by Crippen LogP contribution is -2.48. The Hall–Kier alpha value is -1.39. The van der Waals surface area contributed by atoms with Crippen LogP contribution in [0.15, 0.2) is 24.3 Å². The van der Waals surface area contributed by atoms with Gasteiger partial charge in [-0.25, -0.2) is 0 Å². The molecule has 21 heavy (non-hydrogen) atoms. The smallest absolute Gasteiger partial charge is 0.239 e. The first kappa shape index (κ1) is 14.5. The maximum absolute atomic E-state index is 12.5. The van der Waals surface area contributed by atoms with Gasteiger partial charge in [0.25, 0.3) is 0 Å². The summed E-state index contributed by atoms with van der Waals surface area (Å²) in [5.74, 6) is 0.946. The van der Waals surface area contributed by atoms with Crippen LogP contribution in [0.3, 0.4) is 0 Å². The van der Waals surface area contributed by atoms with E-state index in [4.69, 9.17) is 4.74 Å². The van der Waals surface area contributed by atoms with Gasteiger partial charge in [0.05, 0.1) is 12.6 Å². The van der Waals surface area contributed by atoms with Crippen molar-refractivity contribution in [1.82, 2.24) is 10.2 Å². The van der Waals surface area contributed by atoms with Crippen molar-refractivity contribution in [3.05, 3.63) is 35.4 Å². The van der Waals surface area contributed by atoms with E-state index in [1.54, 1.807) is 4.90 Å². The van der Waals surface area contributed by atoms with Crippen molar-refractivity contribution in [1.29, 1.82) is 0 Å². The number of likely N-dealkylation sites (N-methyl/N-ethyl adjacent to an activating group) is 1. The van der Waals surface area contributed by atoms with Gasteiger partial charge in [0.2, 0.25) is 5.91 Å². The SMILES string of the molecule is CN(CCOCC1CC1)C(=O)[C@H]1Cc2ccccc2CN1. The Balaban J connectivity index is 1.46. The van der Waals surface area contributed by atoms with Gasteiger partial charge in [-0.15, -0.1) is 0 Å². The van der Waals surface area contributed by atoms with Gasteiger partial charge < -0.3 is 15.0 Å². The molecule has 1 heterocycles. The molecule has 0 aromatic heterocycles. The highest BCUT2D eigenvalue weighted by Crippen LogP contribution is 2.28. The molecule has 0 radical (unpaired) electrons. The first-order valence-corrected chi connectivity index (χ1v) is 7.87. The van der Waals surface area contributed by atoms with E-state index in [1.807, 2.05) is 19.2 Å². The van der Waals surface area contributed by atoms with Crippen LogP contribution in [0.5, 0.6) is 0 Å². The standard InChI is InChI=1S/C17H24N2O2/c1-19(8-9-21-12-13-6-7-13)17(20)16-10-14-4-2-3-5-15(14)11-18-16/h2-5,13,16,18H,6-12H2,1H3/t16-/m1/s1. The highest BCUT2D eigenvalue weighted by Gasteiger charge is 2.26. The summed E-state index contributed by atoms with van der Waals surface area (Å²) in [6.45, 7) is 2.95. The van der Waals surface area contributed by atoms with Gasteiger partial charge in [-0.2, -0.15) is 0 Å². The van der Waals surface area contributed by atoms with Gasteiger partial charge in [-0.3, -0.25) is 4.79 Å². The number of benzene rings is 1. The lowest BCUT2D eigenvalue weighted by Gasteiger charge is -2.29. The van der Waals surface area contributed by atoms with Gasteiger partial charge in [-0.1, -0.05) is 24.3 Å². The molecule has 1 atom stereocenters. The number of fused-ring (bicyclic) bond motifs is 1. The van der Waals surface area contributed by atoms with Crippen LogP contribution in [0.1, 0.15) is 24.0 Å². The summed E-state index contributed by atoms with van der Waals surface area (Å²) in [5.41, 5.74) is 2.59. The fourth-order valence-electron chi connectivity index (χ4n) is 2.74. The van der Waals surface area contributed by atoms with E-state index in [9.17, 15) is 4.79 Å². The molecule has 1 fully saturated rings. The summed E-state index contributed by atoms with van der Waals surface area (Å²) < 4.78 is 5.61. The van der Waals surface area contributed by atoms with E-state index in [-0.39, 0.29) is 11.9 Å². The van der Waals surface area contributed by atoms with Crippen LogP contribution < -0.4 is 5.32 Å². The summed E-state index contributed by atoms with van der Waals surface area (Å²) in [6.07, 6.45) is 3.39. The number of hydrogen-bond acceptors (Lipinski definition) is 3. The van der Waals surface area contributed by atoms with Crippen molar-refractivity contribution in [3.8, 4) is 0 Å². The Morgan fingerprint density at radius 2 is 2.10 bits per heavy atom. The number of carbonyl (C=O) groups excluding carboxylic acids is 1. The van der Waals surface area contributed by atoms with E-state index in [2.05, 4.69) is 17.4 Å². The van der Waals surface area contributed by atoms with Crippen molar-refractivity contribution in [2.45, 2.75) is 31.8 Å². The molecule has 1 aromatic rings. The van der Waals surface area contributed by atoms with Gasteiger partial charge in [0.1, 0.15) is 0 Å². The number of rotatable bonds is 6. The van der Waals surface area contributed by atoms with Crippen molar-refractivity contribution in [2.75, 3.05) is 26.8 Å². The first-order chi connectivity index (χ1) is 10.2. The normalized spacial score (nSPS) is 20.9. The molecule has 2 aliphatic rings. The van der Waals surface area contributed by atoms with Gasteiger partial charge >= 0.3 is 0 Å². The molecule has 1 aromatic carbocycles. The molecule has 114 valence electrons. The number of amides is 1. The third kappa shape index (κ3) is 3.83. The van der Waals surface area contributed by atoms with Crippen LogP contribution in [0.2, 0.25) is 0 Å². The number of ether oxygens (including phenoxy) is 1. The van der Waals surface area contributed by atoms with Crippen molar-refractivity contribution >= 4 is 5.91 Å². The lowest BCUT2D eigenvalue weighted by atomic mass is 9.95. The Morgan fingerprint density at radius 3 is 2.86 bits per heavy atom. The zero-order valence-electron chi connectivity index (χ0n) is 12.7. The van der Waals surface area contributed by atoms with E-state index >= 15 is 0 Å². The topological polar surface area (TPSA) is 41.6 Å². The van der Waals surface area contributed by atoms with E-state index in [0.29, 0.717) is 13.2 Å². The van der Waals surface area contributed by atoms with Gasteiger partial charge in [0, 0.05) is 26.7 Å². The molecular weight excluding hydrogens is 264 g/mol. The number of hydrogen-bond donors (Lipinski definition) is 1. The molecular formula is C17H24N2O2. The number of nitrogens with zero attached hydrogens (tertiary/aromatic N) is 1. The van der Waals surface area contributed by atoms with Crippen molar-refractivity contribution in [3.63, 3.8) is 0 Å². The zero-order valence-corrected chi connectivity index (χ0v) is 12.7. The molecule has 0 saturated heterocycles. The van der Waals surface area contributed by atoms with Crippen molar-refractivity contribution in [2.24, 2.45) is 5.92 Å². The second kappa shape index (κ2) is 6.58. The third-order valence-corrected chi connectivity index (χ3v) is 4.38. The summed E-state index contributed by atoms with van der Waals surface area (Å²) >= 11 is 0. The molecule has 0 spiro atoms. The highest BCUT2D eigenvalue weighted by molar-refractivity contribution is 5.82. The maximum Gasteiger partial charge on any atom is 0.239 e. The number of nitrogens with one attached hydrogen (secondary N) is 1. The fraction of sp³-hybridized carbons (Fsp3) is 0.588. The summed E-state index contributed by atoms with van der Waals surface area (Å²) in [6, 6.07) is 8.23. The Kier molecular flexibility index (Phi) is 4.56. The average Bonchev–Trinajstić information content (AvgIpc) is 3.34. The summed E-state index contributed by atoms with van der Waals surface area (Å²) in [4.78, 5) is 14.2. The van der Waals surface area contributed by atoms with Gasteiger partial charge in [-0.05, 0) is 36.3 Å². The average molecular weight is 288 g/mol. The van der Waals surface area contributed by atoms with E-state index < -0.39 is 0 Å². The van der Waals surface area contributed by atoms with Crippen LogP contribution in [0.25, 0.3) is 0 Å². The molecule has 0 bridgehead atoms. The highest BCUT2D eigenvalue weighted by atomic mass is 16.5. The molecule has 1 N–H and O–H groups in total. The molecule has 0 unspecified atom stereocenters. The fourth-order valence-corrected chi connectivity index (χ4v) is 2.74. The molecule has 1 aliphatic heterocycles. The van der Waals surface area contributed by atoms with E-state index in [1.165, 1.54) is 24.0 Å². The van der Waals surface area contributed by atoms with Crippen molar-refractivity contribution < 1.29 is 9.53 Å². The second-order valence-electron chi connectivity index (χ2n) is 6.18. The molecule has 3 rings (SSSR count). The molecule has 1 saturated carbocycles. The van der Waals surface area contributed by atoms with E-state index in [0.717, 1.165) is 25.5 Å². The minimum Gasteiger partial charge on any atom is -0.379 e. The number of carbonyl (C=O) groups is 1. The van der Waals surface area contributed by atoms with Gasteiger partial charge in [0.15, 0.2) is 0 Å². The van der Waals surface area contributed by atoms with Crippen LogP contribution in [-0.4, -0.2) is 43.7 Å². The zero-order chi connectivity index (χ0) is 14.7. The summed E-state index contributed by atoms with van der Waals surface area (Å²) in [5, 5.41) is 3.34. The quantitative estimate of drug-likeness (QED) is 0.808. The van der Waals surface area contributed by atoms with Crippen LogP contribution in [-0.2, 0) is 22.5 Å². The minimum absolute atomic E-state index is 0.103. The molecule has 4 heteroatoms. The minimum atomic E-state index is -0.103. The predicted molar refractivity (Wildman–Crippen MR) is 82.0 cm³/mol. The first-order valence-electron chi connectivity index (χ1n) is 7.87. The largest absolute Gasteiger partial charge is 0.379 e. The lowest BCUT2D eigenvalue weighted by molar-refractivity contribution is -0.133. The Morgan fingerprint density at radius 1 is 1.33 bits per heavy atom. The summed E-state index contributed by atoms with van der Waals surface area (Å²) in [7, 11) is 1.87.